The smallest absolute Gasteiger partial charge is 0.344 e. The van der Waals surface area contributed by atoms with E-state index in [0.717, 1.165) is 0 Å². The van der Waals surface area contributed by atoms with Crippen LogP contribution in [-0.4, -0.2) is 43.3 Å². The molecular weight excluding hydrogens is 210 g/mol. The van der Waals surface area contributed by atoms with Crippen LogP contribution in [-0.2, 0) is 19.5 Å². The van der Waals surface area contributed by atoms with Crippen LogP contribution in [0.3, 0.4) is 0 Å². The number of aliphatic carboxylic acids is 1. The van der Waals surface area contributed by atoms with E-state index >= 15 is 0 Å². The number of rotatable bonds is 3. The molecule has 1 saturated heterocycles. The average Bonchev–Trinajstić information content (AvgIpc) is 2.01. The van der Waals surface area contributed by atoms with Crippen LogP contribution in [0.4, 0.5) is 0 Å². The van der Waals surface area contributed by atoms with Crippen LogP contribution in [0.25, 0.3) is 0 Å². The summed E-state index contributed by atoms with van der Waals surface area (Å²) in [4.78, 5) is 14.5. The van der Waals surface area contributed by atoms with E-state index in [1.165, 1.54) is 0 Å². The Morgan fingerprint density at radius 2 is 2.29 bits per heavy atom. The van der Waals surface area contributed by atoms with Crippen molar-refractivity contribution in [1.82, 2.24) is 0 Å². The van der Waals surface area contributed by atoms with Crippen LogP contribution in [0.1, 0.15) is 12.8 Å². The third-order valence-corrected chi connectivity index (χ3v) is 3.37. The quantitative estimate of drug-likeness (QED) is 0.657. The van der Waals surface area contributed by atoms with Crippen molar-refractivity contribution >= 4 is 21.5 Å². The molecule has 0 amide bonds. The fourth-order valence-corrected chi connectivity index (χ4v) is 2.58. The Kier molecular flexibility index (Phi) is 3.45. The van der Waals surface area contributed by atoms with Gasteiger partial charge < -0.3 is 9.94 Å². The normalized spacial score (nSPS) is 23.3. The number of nitrogens with zero attached hydrogens (tertiary/aromatic N) is 1. The number of carboxylic acid groups (broad SMARTS) is 1. The molecule has 1 aliphatic rings. The number of hydrogen-bond donors (Lipinski definition) is 1. The summed E-state index contributed by atoms with van der Waals surface area (Å²) in [6, 6.07) is 0. The number of hydrogen-bond acceptors (Lipinski definition) is 5. The van der Waals surface area contributed by atoms with Gasteiger partial charge in [-0.05, 0) is 12.8 Å². The minimum absolute atomic E-state index is 0.118. The molecule has 0 aromatic carbocycles. The Morgan fingerprint density at radius 3 is 2.86 bits per heavy atom. The highest BCUT2D eigenvalue weighted by molar-refractivity contribution is 7.92. The maximum Gasteiger partial charge on any atom is 0.344 e. The molecule has 1 fully saturated rings. The van der Waals surface area contributed by atoms with E-state index in [-0.39, 0.29) is 11.5 Å². The molecule has 0 spiro atoms. The van der Waals surface area contributed by atoms with E-state index in [1.807, 2.05) is 0 Å². The molecule has 1 N–H and O–H groups in total. The predicted octanol–water partition coefficient (Wildman–Crippen LogP) is -0.348. The number of sulfone groups is 1. The summed E-state index contributed by atoms with van der Waals surface area (Å²) in [5, 5.41) is 11.7. The topological polar surface area (TPSA) is 93.0 Å². The van der Waals surface area contributed by atoms with Gasteiger partial charge in [0.05, 0.1) is 17.2 Å². The third kappa shape index (κ3) is 3.73. The lowest BCUT2D eigenvalue weighted by Gasteiger charge is -2.12. The fourth-order valence-electron chi connectivity index (χ4n) is 1.15. The van der Waals surface area contributed by atoms with Crippen molar-refractivity contribution in [2.75, 3.05) is 18.1 Å². The van der Waals surface area contributed by atoms with Gasteiger partial charge in [-0.25, -0.2) is 13.2 Å². The first-order valence-corrected chi connectivity index (χ1v) is 5.92. The monoisotopic (exact) mass is 221 g/mol. The van der Waals surface area contributed by atoms with Gasteiger partial charge in [0.25, 0.3) is 0 Å². The van der Waals surface area contributed by atoms with E-state index in [1.54, 1.807) is 0 Å². The highest BCUT2D eigenvalue weighted by atomic mass is 32.2. The average molecular weight is 221 g/mol. The molecule has 0 unspecified atom stereocenters. The molecule has 6 nitrogen and oxygen atoms in total. The molecule has 0 aromatic heterocycles. The molecule has 1 heterocycles. The van der Waals surface area contributed by atoms with Gasteiger partial charge in [0.1, 0.15) is 0 Å². The highest BCUT2D eigenvalue weighted by Gasteiger charge is 2.21. The lowest BCUT2D eigenvalue weighted by Crippen LogP contribution is -2.25. The van der Waals surface area contributed by atoms with Gasteiger partial charge >= 0.3 is 5.97 Å². The Balaban J connectivity index is 2.48. The first-order chi connectivity index (χ1) is 6.49. The maximum absolute atomic E-state index is 11.1. The van der Waals surface area contributed by atoms with Crippen LogP contribution in [0.2, 0.25) is 0 Å². The number of carbonyl (C=O) groups is 1. The van der Waals surface area contributed by atoms with E-state index < -0.39 is 22.4 Å². The highest BCUT2D eigenvalue weighted by Crippen LogP contribution is 2.09. The predicted molar refractivity (Wildman–Crippen MR) is 48.9 cm³/mol. The zero-order valence-electron chi connectivity index (χ0n) is 7.47. The van der Waals surface area contributed by atoms with Crippen molar-refractivity contribution in [3.63, 3.8) is 0 Å². The number of carboxylic acids is 1. The summed E-state index contributed by atoms with van der Waals surface area (Å²) in [5.74, 6) is -1.08. The Morgan fingerprint density at radius 1 is 1.57 bits per heavy atom. The molecule has 0 aliphatic carbocycles. The van der Waals surface area contributed by atoms with Crippen LogP contribution < -0.4 is 0 Å². The van der Waals surface area contributed by atoms with Gasteiger partial charge in [0.15, 0.2) is 9.84 Å². The molecule has 1 aliphatic heterocycles. The number of oxime groups is 1. The van der Waals surface area contributed by atoms with Crippen LogP contribution in [0.15, 0.2) is 5.16 Å². The van der Waals surface area contributed by atoms with E-state index in [9.17, 15) is 13.2 Å². The van der Waals surface area contributed by atoms with Gasteiger partial charge in [-0.2, -0.15) is 0 Å². The summed E-state index contributed by atoms with van der Waals surface area (Å²) in [6.07, 6.45) is 1.08. The van der Waals surface area contributed by atoms with Crippen LogP contribution in [0.5, 0.6) is 0 Å². The molecule has 7 heteroatoms. The van der Waals surface area contributed by atoms with E-state index in [0.29, 0.717) is 18.6 Å². The third-order valence-electron chi connectivity index (χ3n) is 1.69. The molecule has 80 valence electrons. The summed E-state index contributed by atoms with van der Waals surface area (Å²) >= 11 is 0. The second-order valence-corrected chi connectivity index (χ2v) is 5.20. The van der Waals surface area contributed by atoms with Gasteiger partial charge in [0.2, 0.25) is 6.61 Å². The van der Waals surface area contributed by atoms with E-state index in [2.05, 4.69) is 9.99 Å². The first kappa shape index (κ1) is 11.0. The van der Waals surface area contributed by atoms with E-state index in [4.69, 9.17) is 5.11 Å². The second-order valence-electron chi connectivity index (χ2n) is 3.02. The standard InChI is InChI=1S/C7H11NO5S/c9-7(10)4-13-8-6-2-1-3-14(11,12)5-6/h1-5H2,(H,9,10). The minimum Gasteiger partial charge on any atom is -0.479 e. The minimum atomic E-state index is -3.04. The molecule has 1 rings (SSSR count). The van der Waals surface area contributed by atoms with Crippen molar-refractivity contribution in [3.8, 4) is 0 Å². The Hall–Kier alpha value is -1.11. The molecule has 0 atom stereocenters. The van der Waals surface area contributed by atoms with Gasteiger partial charge in [0, 0.05) is 0 Å². The molecular formula is C7H11NO5S. The van der Waals surface area contributed by atoms with Crippen molar-refractivity contribution in [2.45, 2.75) is 12.8 Å². The van der Waals surface area contributed by atoms with Gasteiger partial charge in [-0.15, -0.1) is 0 Å². The van der Waals surface area contributed by atoms with Crippen molar-refractivity contribution < 1.29 is 23.2 Å². The van der Waals surface area contributed by atoms with Crippen molar-refractivity contribution in [1.29, 1.82) is 0 Å². The summed E-state index contributed by atoms with van der Waals surface area (Å²) < 4.78 is 22.2. The first-order valence-electron chi connectivity index (χ1n) is 4.09. The van der Waals surface area contributed by atoms with Crippen LogP contribution >= 0.6 is 0 Å². The Bertz CT molecular complexity index is 345. The van der Waals surface area contributed by atoms with Gasteiger partial charge in [-0.3, -0.25) is 0 Å². The summed E-state index contributed by atoms with van der Waals surface area (Å²) in [7, 11) is -3.04. The van der Waals surface area contributed by atoms with Crippen LogP contribution in [0, 0.1) is 0 Å². The molecule has 0 aromatic rings. The van der Waals surface area contributed by atoms with Crippen molar-refractivity contribution in [3.05, 3.63) is 0 Å². The molecule has 0 saturated carbocycles. The largest absolute Gasteiger partial charge is 0.479 e. The van der Waals surface area contributed by atoms with Crippen molar-refractivity contribution in [2.24, 2.45) is 5.16 Å². The zero-order chi connectivity index (χ0) is 10.6. The molecule has 14 heavy (non-hydrogen) atoms. The zero-order valence-corrected chi connectivity index (χ0v) is 8.29. The lowest BCUT2D eigenvalue weighted by atomic mass is 10.2. The second kappa shape index (κ2) is 4.41. The summed E-state index contributed by atoms with van der Waals surface area (Å²) in [5.41, 5.74) is 0.400. The SMILES string of the molecule is O=C(O)CON=C1CCCS(=O)(=O)C1. The molecule has 0 bridgehead atoms. The van der Waals surface area contributed by atoms with Gasteiger partial charge in [-0.1, -0.05) is 5.16 Å². The summed E-state index contributed by atoms with van der Waals surface area (Å²) in [6.45, 7) is -0.538. The maximum atomic E-state index is 11.1. The molecule has 0 radical (unpaired) electrons. The fraction of sp³-hybridized carbons (Fsp3) is 0.714. The Labute approximate surface area is 81.5 Å². The lowest BCUT2D eigenvalue weighted by molar-refractivity contribution is -0.142.